The summed E-state index contributed by atoms with van der Waals surface area (Å²) in [4.78, 5) is 35.8. The summed E-state index contributed by atoms with van der Waals surface area (Å²) in [6.07, 6.45) is 5.97. The maximum absolute atomic E-state index is 12.1. The number of carbonyl (C=O) groups excluding carboxylic acids is 3. The van der Waals surface area contributed by atoms with Crippen LogP contribution >= 0.6 is 0 Å². The van der Waals surface area contributed by atoms with Crippen molar-refractivity contribution in [2.75, 3.05) is 0 Å². The largest absolute Gasteiger partial charge is 0.462 e. The smallest absolute Gasteiger partial charge is 0.303 e. The van der Waals surface area contributed by atoms with Crippen LogP contribution in [0.5, 0.6) is 0 Å². The van der Waals surface area contributed by atoms with Gasteiger partial charge in [0.05, 0.1) is 5.60 Å². The molecule has 0 aliphatic heterocycles. The number of carbonyl (C=O) groups is 3. The summed E-state index contributed by atoms with van der Waals surface area (Å²) >= 11 is 0. The van der Waals surface area contributed by atoms with E-state index in [1.165, 1.54) is 20.8 Å². The molecular formula is C26H40O7. The number of allylic oxidation sites excluding steroid dienone is 1. The molecule has 186 valence electrons. The van der Waals surface area contributed by atoms with Gasteiger partial charge in [0.15, 0.2) is 6.10 Å². The number of esters is 3. The fraction of sp³-hybridized carbons (Fsp3) is 0.731. The first-order chi connectivity index (χ1) is 15.1. The third-order valence-electron chi connectivity index (χ3n) is 7.01. The van der Waals surface area contributed by atoms with Crippen molar-refractivity contribution < 1.29 is 33.7 Å². The molecule has 1 fully saturated rings. The van der Waals surface area contributed by atoms with E-state index in [4.69, 9.17) is 14.2 Å². The second kappa shape index (κ2) is 10.4. The van der Waals surface area contributed by atoms with Crippen molar-refractivity contribution in [3.05, 3.63) is 23.8 Å². The van der Waals surface area contributed by atoms with Crippen LogP contribution in [0.1, 0.15) is 74.7 Å². The third kappa shape index (κ3) is 6.92. The number of fused-ring (bicyclic) bond motifs is 1. The van der Waals surface area contributed by atoms with E-state index in [1.54, 1.807) is 6.08 Å². The molecule has 1 saturated carbocycles. The van der Waals surface area contributed by atoms with E-state index in [0.29, 0.717) is 6.42 Å². The van der Waals surface area contributed by atoms with Gasteiger partial charge in [-0.15, -0.1) is 0 Å². The second-order valence-electron chi connectivity index (χ2n) is 10.6. The highest BCUT2D eigenvalue weighted by atomic mass is 16.6. The van der Waals surface area contributed by atoms with Gasteiger partial charge in [-0.05, 0) is 51.0 Å². The zero-order valence-electron chi connectivity index (χ0n) is 21.2. The first kappa shape index (κ1) is 27.1. The quantitative estimate of drug-likeness (QED) is 0.379. The summed E-state index contributed by atoms with van der Waals surface area (Å²) in [6, 6.07) is 0. The fourth-order valence-corrected chi connectivity index (χ4v) is 5.60. The minimum absolute atomic E-state index is 0.0751. The summed E-state index contributed by atoms with van der Waals surface area (Å²) in [5.74, 6) is -1.75. The van der Waals surface area contributed by atoms with E-state index in [2.05, 4.69) is 13.0 Å². The monoisotopic (exact) mass is 464 g/mol. The lowest BCUT2D eigenvalue weighted by Gasteiger charge is -2.41. The topological polar surface area (TPSA) is 99.1 Å². The summed E-state index contributed by atoms with van der Waals surface area (Å²) < 4.78 is 17.0. The van der Waals surface area contributed by atoms with Gasteiger partial charge in [0.2, 0.25) is 0 Å². The van der Waals surface area contributed by atoms with Gasteiger partial charge in [-0.1, -0.05) is 31.6 Å². The average Bonchev–Trinajstić information content (AvgIpc) is 2.99. The molecule has 0 radical (unpaired) electrons. The lowest BCUT2D eigenvalue weighted by molar-refractivity contribution is -0.164. The molecule has 0 aromatic carbocycles. The van der Waals surface area contributed by atoms with E-state index in [-0.39, 0.29) is 29.1 Å². The van der Waals surface area contributed by atoms with Crippen molar-refractivity contribution in [3.8, 4) is 0 Å². The van der Waals surface area contributed by atoms with Crippen LogP contribution in [0.3, 0.4) is 0 Å². The highest BCUT2D eigenvalue weighted by molar-refractivity contribution is 5.68. The average molecular weight is 465 g/mol. The second-order valence-corrected chi connectivity index (χ2v) is 10.6. The molecular weight excluding hydrogens is 424 g/mol. The van der Waals surface area contributed by atoms with Crippen molar-refractivity contribution in [1.82, 2.24) is 0 Å². The van der Waals surface area contributed by atoms with Crippen LogP contribution in [0.25, 0.3) is 0 Å². The van der Waals surface area contributed by atoms with Crippen molar-refractivity contribution >= 4 is 17.9 Å². The molecule has 7 nitrogen and oxygen atoms in total. The maximum Gasteiger partial charge on any atom is 0.303 e. The lowest BCUT2D eigenvalue weighted by atomic mass is 9.68. The lowest BCUT2D eigenvalue weighted by Crippen LogP contribution is -2.44. The van der Waals surface area contributed by atoms with Crippen LogP contribution in [0, 0.1) is 23.2 Å². The molecule has 2 rings (SSSR count). The zero-order valence-corrected chi connectivity index (χ0v) is 21.2. The first-order valence-corrected chi connectivity index (χ1v) is 11.7. The number of ether oxygens (including phenoxy) is 3. The van der Waals surface area contributed by atoms with E-state index in [1.807, 2.05) is 33.8 Å². The molecule has 1 N–H and O–H groups in total. The minimum Gasteiger partial charge on any atom is -0.462 e. The number of hydrogen-bond acceptors (Lipinski definition) is 7. The molecule has 7 atom stereocenters. The normalized spacial score (nSPS) is 35.0. The molecule has 2 aliphatic carbocycles. The van der Waals surface area contributed by atoms with Crippen LogP contribution in [0.2, 0.25) is 0 Å². The molecule has 0 saturated heterocycles. The predicted molar refractivity (Wildman–Crippen MR) is 124 cm³/mol. The zero-order chi connectivity index (χ0) is 25.1. The molecule has 0 spiro atoms. The predicted octanol–water partition coefficient (Wildman–Crippen LogP) is 4.13. The molecule has 7 heteroatoms. The SMILES string of the molecule is CC(=O)OC1C=C(C)CC(OC(C)=O)C2C(C(C)(C)O)CCC2(C)C=CC(C)C1OC(C)=O. The number of rotatable bonds is 4. The van der Waals surface area contributed by atoms with Gasteiger partial charge < -0.3 is 19.3 Å². The summed E-state index contributed by atoms with van der Waals surface area (Å²) in [7, 11) is 0. The van der Waals surface area contributed by atoms with Crippen molar-refractivity contribution in [2.24, 2.45) is 23.2 Å². The Kier molecular flexibility index (Phi) is 8.55. The van der Waals surface area contributed by atoms with Gasteiger partial charge >= 0.3 is 17.9 Å². The van der Waals surface area contributed by atoms with Gasteiger partial charge in [0.1, 0.15) is 12.2 Å². The van der Waals surface area contributed by atoms with E-state index < -0.39 is 35.9 Å². The van der Waals surface area contributed by atoms with Crippen LogP contribution in [0.4, 0.5) is 0 Å². The molecule has 0 aromatic heterocycles. The standard InChI is InChI=1S/C26H40O7/c1-15-13-21(31-17(3)27)23-20(25(6,7)30)10-12-26(23,8)11-9-16(2)24(33-19(5)29)22(14-15)32-18(4)28/h9,11,14,16,20-24,30H,10,12-13H2,1-8H3. The van der Waals surface area contributed by atoms with Gasteiger partial charge in [-0.3, -0.25) is 14.4 Å². The van der Waals surface area contributed by atoms with Crippen LogP contribution in [-0.2, 0) is 28.6 Å². The Balaban J connectivity index is 2.65. The van der Waals surface area contributed by atoms with Crippen molar-refractivity contribution in [2.45, 2.75) is 98.6 Å². The van der Waals surface area contributed by atoms with Gasteiger partial charge in [0.25, 0.3) is 0 Å². The molecule has 0 amide bonds. The molecule has 2 aliphatic rings. The highest BCUT2D eigenvalue weighted by Gasteiger charge is 2.53. The Morgan fingerprint density at radius 2 is 1.64 bits per heavy atom. The number of aliphatic hydroxyl groups is 1. The Morgan fingerprint density at radius 1 is 1.06 bits per heavy atom. The Labute approximate surface area is 197 Å². The van der Waals surface area contributed by atoms with Gasteiger partial charge in [-0.2, -0.15) is 0 Å². The minimum atomic E-state index is -0.946. The van der Waals surface area contributed by atoms with Crippen molar-refractivity contribution in [3.63, 3.8) is 0 Å². The van der Waals surface area contributed by atoms with E-state index in [0.717, 1.165) is 18.4 Å². The van der Waals surface area contributed by atoms with E-state index in [9.17, 15) is 19.5 Å². The van der Waals surface area contributed by atoms with Crippen LogP contribution < -0.4 is 0 Å². The van der Waals surface area contributed by atoms with Crippen molar-refractivity contribution in [1.29, 1.82) is 0 Å². The Bertz CT molecular complexity index is 806. The first-order valence-electron chi connectivity index (χ1n) is 11.7. The summed E-state index contributed by atoms with van der Waals surface area (Å²) in [5, 5.41) is 11.0. The summed E-state index contributed by atoms with van der Waals surface area (Å²) in [5.41, 5.74) is -0.442. The van der Waals surface area contributed by atoms with Crippen LogP contribution in [0.15, 0.2) is 23.8 Å². The molecule has 0 heterocycles. The van der Waals surface area contributed by atoms with E-state index >= 15 is 0 Å². The maximum atomic E-state index is 12.1. The van der Waals surface area contributed by atoms with Crippen LogP contribution in [-0.4, -0.2) is 46.9 Å². The molecule has 33 heavy (non-hydrogen) atoms. The molecule has 0 bridgehead atoms. The molecule has 0 aromatic rings. The van der Waals surface area contributed by atoms with Gasteiger partial charge in [0, 0.05) is 39.0 Å². The summed E-state index contributed by atoms with van der Waals surface area (Å²) in [6.45, 7) is 13.6. The fourth-order valence-electron chi connectivity index (χ4n) is 5.60. The Hall–Kier alpha value is -2.15. The molecule has 7 unspecified atom stereocenters. The number of hydrogen-bond donors (Lipinski definition) is 1. The van der Waals surface area contributed by atoms with Gasteiger partial charge in [-0.25, -0.2) is 0 Å². The Morgan fingerprint density at radius 3 is 2.15 bits per heavy atom. The third-order valence-corrected chi connectivity index (χ3v) is 7.01. The highest BCUT2D eigenvalue weighted by Crippen LogP contribution is 2.54.